The molecule has 0 saturated heterocycles. The number of amides is 1. The van der Waals surface area contributed by atoms with Gasteiger partial charge in [0, 0.05) is 17.3 Å². The third kappa shape index (κ3) is 4.56. The molecule has 0 bridgehead atoms. The number of pyridine rings is 2. The molecule has 0 aliphatic carbocycles. The van der Waals surface area contributed by atoms with Crippen molar-refractivity contribution < 1.29 is 4.79 Å². The number of hydrogen-bond donors (Lipinski definition) is 1. The third-order valence-corrected chi connectivity index (χ3v) is 4.28. The van der Waals surface area contributed by atoms with Gasteiger partial charge in [0.15, 0.2) is 0 Å². The monoisotopic (exact) mass is 360 g/mol. The molecule has 0 aliphatic rings. The molecule has 1 amide bonds. The van der Waals surface area contributed by atoms with E-state index >= 15 is 0 Å². The van der Waals surface area contributed by atoms with Gasteiger partial charge in [-0.2, -0.15) is 5.10 Å². The topological polar surface area (TPSA) is 67.2 Å². The number of para-hydroxylation sites is 1. The van der Waals surface area contributed by atoms with E-state index in [1.807, 2.05) is 42.5 Å². The van der Waals surface area contributed by atoms with E-state index in [0.717, 1.165) is 48.0 Å². The Bertz CT molecular complexity index is 943. The predicted molar refractivity (Wildman–Crippen MR) is 110 cm³/mol. The summed E-state index contributed by atoms with van der Waals surface area (Å²) in [5.41, 5.74) is 6.49. The number of benzene rings is 1. The van der Waals surface area contributed by atoms with Crippen LogP contribution in [0.1, 0.15) is 49.9 Å². The van der Waals surface area contributed by atoms with Crippen molar-refractivity contribution in [2.24, 2.45) is 5.10 Å². The summed E-state index contributed by atoms with van der Waals surface area (Å²) in [5, 5.41) is 5.17. The van der Waals surface area contributed by atoms with Gasteiger partial charge in [-0.25, -0.2) is 10.4 Å². The highest BCUT2D eigenvalue weighted by molar-refractivity contribution is 6.07. The van der Waals surface area contributed by atoms with Crippen LogP contribution in [-0.4, -0.2) is 21.6 Å². The van der Waals surface area contributed by atoms with E-state index in [4.69, 9.17) is 0 Å². The molecule has 1 aromatic carbocycles. The molecule has 5 nitrogen and oxygen atoms in total. The Hall–Kier alpha value is -3.08. The molecule has 1 N–H and O–H groups in total. The van der Waals surface area contributed by atoms with E-state index in [1.54, 1.807) is 12.3 Å². The number of carbonyl (C=O) groups excluding carboxylic acids is 1. The van der Waals surface area contributed by atoms with Gasteiger partial charge in [0.1, 0.15) is 0 Å². The highest BCUT2D eigenvalue weighted by Crippen LogP contribution is 2.23. The van der Waals surface area contributed by atoms with Crippen molar-refractivity contribution in [3.63, 3.8) is 0 Å². The van der Waals surface area contributed by atoms with Gasteiger partial charge in [0.05, 0.1) is 22.5 Å². The lowest BCUT2D eigenvalue weighted by Crippen LogP contribution is -2.20. The average Bonchev–Trinajstić information content (AvgIpc) is 2.72. The quantitative estimate of drug-likeness (QED) is 0.477. The molecule has 5 heteroatoms. The molecule has 2 heterocycles. The first-order valence-electron chi connectivity index (χ1n) is 9.40. The van der Waals surface area contributed by atoms with Crippen LogP contribution < -0.4 is 5.43 Å². The minimum atomic E-state index is -0.226. The summed E-state index contributed by atoms with van der Waals surface area (Å²) in [7, 11) is 0. The van der Waals surface area contributed by atoms with E-state index < -0.39 is 0 Å². The van der Waals surface area contributed by atoms with Crippen LogP contribution in [0, 0.1) is 0 Å². The summed E-state index contributed by atoms with van der Waals surface area (Å²) in [6.07, 6.45) is 5.53. The number of rotatable bonds is 7. The second kappa shape index (κ2) is 9.03. The van der Waals surface area contributed by atoms with Crippen molar-refractivity contribution >= 4 is 22.5 Å². The van der Waals surface area contributed by atoms with Gasteiger partial charge in [-0.3, -0.25) is 9.78 Å². The SMILES string of the molecule is CCCC(CCC)=NNC(=O)c1cc(-c2ccccn2)nc2ccccc12. The van der Waals surface area contributed by atoms with Crippen LogP contribution in [0.15, 0.2) is 59.8 Å². The average molecular weight is 360 g/mol. The summed E-state index contributed by atoms with van der Waals surface area (Å²) in [6.45, 7) is 4.23. The molecule has 0 atom stereocenters. The summed E-state index contributed by atoms with van der Waals surface area (Å²) in [4.78, 5) is 21.9. The van der Waals surface area contributed by atoms with E-state index in [0.29, 0.717) is 11.3 Å². The smallest absolute Gasteiger partial charge is 0.267 e. The largest absolute Gasteiger partial charge is 0.272 e. The molecular weight excluding hydrogens is 336 g/mol. The number of hydrogen-bond acceptors (Lipinski definition) is 4. The van der Waals surface area contributed by atoms with Crippen LogP contribution in [0.5, 0.6) is 0 Å². The molecule has 0 spiro atoms. The van der Waals surface area contributed by atoms with Gasteiger partial charge < -0.3 is 0 Å². The normalized spacial score (nSPS) is 10.6. The number of aromatic nitrogens is 2. The molecule has 3 rings (SSSR count). The Balaban J connectivity index is 1.99. The summed E-state index contributed by atoms with van der Waals surface area (Å²) < 4.78 is 0. The fourth-order valence-corrected chi connectivity index (χ4v) is 3.01. The van der Waals surface area contributed by atoms with Crippen molar-refractivity contribution in [3.8, 4) is 11.4 Å². The number of nitrogens with zero attached hydrogens (tertiary/aromatic N) is 3. The molecular formula is C22H24N4O. The van der Waals surface area contributed by atoms with Crippen LogP contribution in [0.4, 0.5) is 0 Å². The second-order valence-electron chi connectivity index (χ2n) is 6.41. The van der Waals surface area contributed by atoms with Crippen molar-refractivity contribution in [2.45, 2.75) is 39.5 Å². The summed E-state index contributed by atoms with van der Waals surface area (Å²) in [5.74, 6) is -0.226. The zero-order chi connectivity index (χ0) is 19.1. The van der Waals surface area contributed by atoms with E-state index in [1.165, 1.54) is 0 Å². The molecule has 0 radical (unpaired) electrons. The van der Waals surface area contributed by atoms with Crippen LogP contribution in [0.3, 0.4) is 0 Å². The maximum Gasteiger partial charge on any atom is 0.272 e. The Kier molecular flexibility index (Phi) is 6.26. The lowest BCUT2D eigenvalue weighted by atomic mass is 10.1. The van der Waals surface area contributed by atoms with Gasteiger partial charge in [-0.1, -0.05) is 51.0 Å². The van der Waals surface area contributed by atoms with Crippen molar-refractivity contribution in [1.29, 1.82) is 0 Å². The Labute approximate surface area is 159 Å². The van der Waals surface area contributed by atoms with Crippen molar-refractivity contribution in [3.05, 3.63) is 60.3 Å². The predicted octanol–water partition coefficient (Wildman–Crippen LogP) is 4.98. The lowest BCUT2D eigenvalue weighted by molar-refractivity contribution is 0.0956. The summed E-state index contributed by atoms with van der Waals surface area (Å²) in [6, 6.07) is 15.1. The fraction of sp³-hybridized carbons (Fsp3) is 0.273. The molecule has 2 aromatic heterocycles. The molecule has 27 heavy (non-hydrogen) atoms. The fourth-order valence-electron chi connectivity index (χ4n) is 3.01. The first-order chi connectivity index (χ1) is 13.2. The highest BCUT2D eigenvalue weighted by Gasteiger charge is 2.14. The zero-order valence-corrected chi connectivity index (χ0v) is 15.8. The Morgan fingerprint density at radius 2 is 1.74 bits per heavy atom. The molecule has 0 fully saturated rings. The van der Waals surface area contributed by atoms with Gasteiger partial charge in [0.25, 0.3) is 5.91 Å². The van der Waals surface area contributed by atoms with Gasteiger partial charge in [-0.05, 0) is 37.1 Å². The van der Waals surface area contributed by atoms with Gasteiger partial charge in [-0.15, -0.1) is 0 Å². The maximum absolute atomic E-state index is 12.9. The van der Waals surface area contributed by atoms with E-state index in [9.17, 15) is 4.79 Å². The maximum atomic E-state index is 12.9. The first kappa shape index (κ1) is 18.7. The minimum absolute atomic E-state index is 0.226. The van der Waals surface area contributed by atoms with Crippen molar-refractivity contribution in [1.82, 2.24) is 15.4 Å². The number of fused-ring (bicyclic) bond motifs is 1. The molecule has 0 unspecified atom stereocenters. The second-order valence-corrected chi connectivity index (χ2v) is 6.41. The Morgan fingerprint density at radius 1 is 1.00 bits per heavy atom. The first-order valence-corrected chi connectivity index (χ1v) is 9.40. The van der Waals surface area contributed by atoms with Gasteiger partial charge >= 0.3 is 0 Å². The zero-order valence-electron chi connectivity index (χ0n) is 15.8. The minimum Gasteiger partial charge on any atom is -0.267 e. The highest BCUT2D eigenvalue weighted by atomic mass is 16.2. The third-order valence-electron chi connectivity index (χ3n) is 4.28. The van der Waals surface area contributed by atoms with E-state index in [2.05, 4.69) is 34.3 Å². The Morgan fingerprint density at radius 3 is 2.44 bits per heavy atom. The van der Waals surface area contributed by atoms with Crippen molar-refractivity contribution in [2.75, 3.05) is 0 Å². The van der Waals surface area contributed by atoms with Crippen LogP contribution in [0.2, 0.25) is 0 Å². The molecule has 0 aliphatic heterocycles. The standard InChI is InChI=1S/C22H24N4O/c1-3-9-16(10-4-2)25-26-22(27)18-15-21(20-13-7-8-14-23-20)24-19-12-6-5-11-17(18)19/h5-8,11-15H,3-4,9-10H2,1-2H3,(H,26,27). The molecule has 138 valence electrons. The van der Waals surface area contributed by atoms with Gasteiger partial charge in [0.2, 0.25) is 0 Å². The lowest BCUT2D eigenvalue weighted by Gasteiger charge is -2.09. The number of nitrogens with one attached hydrogen (secondary N) is 1. The van der Waals surface area contributed by atoms with Crippen LogP contribution >= 0.6 is 0 Å². The number of carbonyl (C=O) groups is 1. The molecule has 0 saturated carbocycles. The van der Waals surface area contributed by atoms with Crippen LogP contribution in [0.25, 0.3) is 22.3 Å². The number of hydrazone groups is 1. The molecule has 3 aromatic rings. The van der Waals surface area contributed by atoms with Crippen LogP contribution in [-0.2, 0) is 0 Å². The van der Waals surface area contributed by atoms with E-state index in [-0.39, 0.29) is 5.91 Å². The summed E-state index contributed by atoms with van der Waals surface area (Å²) >= 11 is 0.